The van der Waals surface area contributed by atoms with Gasteiger partial charge in [-0.15, -0.1) is 23.2 Å². The molecule has 5 fully saturated rings. The Labute approximate surface area is 209 Å². The monoisotopic (exact) mass is 499 g/mol. The molecule has 0 spiro atoms. The van der Waals surface area contributed by atoms with Crippen LogP contribution in [0.1, 0.15) is 58.3 Å². The maximum atomic E-state index is 8.92. The van der Waals surface area contributed by atoms with Gasteiger partial charge in [-0.1, -0.05) is 12.8 Å². The van der Waals surface area contributed by atoms with Crippen molar-refractivity contribution in [3.63, 3.8) is 0 Å². The van der Waals surface area contributed by atoms with Gasteiger partial charge >= 0.3 is 0 Å². The third-order valence-electron chi connectivity index (χ3n) is 9.25. The molecule has 2 aliphatic carbocycles. The molecule has 0 aromatic rings. The van der Waals surface area contributed by atoms with E-state index in [9.17, 15) is 0 Å². The highest BCUT2D eigenvalue weighted by molar-refractivity contribution is 6.21. The summed E-state index contributed by atoms with van der Waals surface area (Å²) in [6.07, 6.45) is 10.6. The zero-order valence-corrected chi connectivity index (χ0v) is 22.0. The summed E-state index contributed by atoms with van der Waals surface area (Å²) in [7, 11) is 4.28. The Balaban J connectivity index is 1.22. The minimum absolute atomic E-state index is 0.0768. The highest BCUT2D eigenvalue weighted by Gasteiger charge is 2.50. The number of alkyl halides is 2. The van der Waals surface area contributed by atoms with Gasteiger partial charge in [0.05, 0.1) is 23.9 Å². The Hall–Kier alpha value is -0.310. The van der Waals surface area contributed by atoms with Crippen molar-refractivity contribution in [2.75, 3.05) is 27.2 Å². The van der Waals surface area contributed by atoms with Crippen LogP contribution in [0.5, 0.6) is 0 Å². The number of hydrogen-bond acceptors (Lipinski definition) is 5. The Kier molecular flexibility index (Phi) is 7.37. The molecule has 188 valence electrons. The van der Waals surface area contributed by atoms with E-state index in [2.05, 4.69) is 51.7 Å². The largest absolute Gasteiger partial charge is 0.338 e. The summed E-state index contributed by atoms with van der Waals surface area (Å²) in [6, 6.07) is 0.602. The molecule has 8 unspecified atom stereocenters. The van der Waals surface area contributed by atoms with Crippen molar-refractivity contribution >= 4 is 29.2 Å². The van der Waals surface area contributed by atoms with Gasteiger partial charge < -0.3 is 9.80 Å². The van der Waals surface area contributed by atoms with Gasteiger partial charge in [0, 0.05) is 37.5 Å². The van der Waals surface area contributed by atoms with Crippen LogP contribution in [-0.4, -0.2) is 89.3 Å². The van der Waals surface area contributed by atoms with Gasteiger partial charge in [-0.3, -0.25) is 26.3 Å². The summed E-state index contributed by atoms with van der Waals surface area (Å²) in [5, 5.41) is 20.5. The summed E-state index contributed by atoms with van der Waals surface area (Å²) in [5.41, 5.74) is 0.0768. The van der Waals surface area contributed by atoms with E-state index >= 15 is 0 Å². The molecule has 2 saturated carbocycles. The number of nitrogens with zero attached hydrogens (tertiary/aromatic N) is 3. The van der Waals surface area contributed by atoms with E-state index in [1.807, 2.05) is 0 Å². The van der Waals surface area contributed by atoms with Gasteiger partial charge in [0.15, 0.2) is 5.96 Å². The van der Waals surface area contributed by atoms with Gasteiger partial charge in [0.2, 0.25) is 0 Å². The molecule has 8 atom stereocenters. The van der Waals surface area contributed by atoms with Crippen molar-refractivity contribution in [1.82, 2.24) is 30.7 Å². The van der Waals surface area contributed by atoms with Gasteiger partial charge in [-0.2, -0.15) is 0 Å². The van der Waals surface area contributed by atoms with Crippen LogP contribution in [-0.2, 0) is 0 Å². The molecule has 0 aromatic carbocycles. The SMILES string of the molecule is CC1NC(C2CCCCC2Cl)NC2C1N(C)C(=N)N2CC1CCC(C2NC(Cl)CN2C)CC1. The first kappa shape index (κ1) is 24.4. The standard InChI is InChI=1S/C24H43Cl2N7/c1-14-20-23(30-21(28-14)17-6-4-5-7-18(17)25)33(24(27)32(20)3)12-15-8-10-16(11-9-15)22-29-19(26)13-31(22)2/h14-23,27-30H,4-13H2,1-3H3. The van der Waals surface area contributed by atoms with Gasteiger partial charge in [-0.05, 0) is 64.3 Å². The molecule has 3 aliphatic heterocycles. The second-order valence-electron chi connectivity index (χ2n) is 11.4. The van der Waals surface area contributed by atoms with Crippen molar-refractivity contribution in [2.24, 2.45) is 17.8 Å². The van der Waals surface area contributed by atoms with E-state index in [1.165, 1.54) is 44.9 Å². The molecular formula is C24H43Cl2N7. The van der Waals surface area contributed by atoms with E-state index in [4.69, 9.17) is 28.6 Å². The smallest absolute Gasteiger partial charge is 0.195 e. The van der Waals surface area contributed by atoms with Gasteiger partial charge in [0.25, 0.3) is 0 Å². The van der Waals surface area contributed by atoms with Gasteiger partial charge in [0.1, 0.15) is 6.17 Å². The summed E-state index contributed by atoms with van der Waals surface area (Å²) in [6.45, 7) is 4.19. The average Bonchev–Trinajstić information content (AvgIpc) is 3.25. The van der Waals surface area contributed by atoms with Crippen LogP contribution < -0.4 is 16.0 Å². The summed E-state index contributed by atoms with van der Waals surface area (Å²) in [4.78, 5) is 6.92. The topological polar surface area (TPSA) is 69.7 Å². The van der Waals surface area contributed by atoms with E-state index in [0.29, 0.717) is 35.9 Å². The number of likely N-dealkylation sites (N-methyl/N-ethyl adjacent to an activating group) is 2. The molecule has 0 amide bonds. The fourth-order valence-corrected chi connectivity index (χ4v) is 8.18. The van der Waals surface area contributed by atoms with Crippen LogP contribution in [0.15, 0.2) is 0 Å². The number of nitrogens with one attached hydrogen (secondary N) is 4. The van der Waals surface area contributed by atoms with Crippen LogP contribution in [0.4, 0.5) is 0 Å². The molecule has 9 heteroatoms. The maximum absolute atomic E-state index is 8.92. The first-order chi connectivity index (χ1) is 15.8. The van der Waals surface area contributed by atoms with Crippen molar-refractivity contribution < 1.29 is 0 Å². The van der Waals surface area contributed by atoms with Gasteiger partial charge in [-0.25, -0.2) is 0 Å². The van der Waals surface area contributed by atoms with Crippen LogP contribution in [0.3, 0.4) is 0 Å². The molecule has 5 aliphatic rings. The lowest BCUT2D eigenvalue weighted by Gasteiger charge is -2.47. The average molecular weight is 501 g/mol. The van der Waals surface area contributed by atoms with E-state index in [-0.39, 0.29) is 29.3 Å². The number of guanidine groups is 1. The summed E-state index contributed by atoms with van der Waals surface area (Å²) < 4.78 is 0. The molecule has 3 heterocycles. The Morgan fingerprint density at radius 2 is 1.67 bits per heavy atom. The third-order valence-corrected chi connectivity index (χ3v) is 10.1. The van der Waals surface area contributed by atoms with Crippen molar-refractivity contribution in [3.05, 3.63) is 0 Å². The minimum Gasteiger partial charge on any atom is -0.338 e. The zero-order chi connectivity index (χ0) is 23.3. The molecule has 5 rings (SSSR count). The van der Waals surface area contributed by atoms with Crippen LogP contribution in [0.25, 0.3) is 0 Å². The highest BCUT2D eigenvalue weighted by Crippen LogP contribution is 2.37. The summed E-state index contributed by atoms with van der Waals surface area (Å²) >= 11 is 13.1. The fourth-order valence-electron chi connectivity index (χ4n) is 7.41. The number of fused-ring (bicyclic) bond motifs is 1. The minimum atomic E-state index is 0.0768. The van der Waals surface area contributed by atoms with E-state index in [0.717, 1.165) is 19.5 Å². The molecule has 0 radical (unpaired) electrons. The van der Waals surface area contributed by atoms with E-state index < -0.39 is 0 Å². The van der Waals surface area contributed by atoms with Crippen molar-refractivity contribution in [3.8, 4) is 0 Å². The molecule has 4 N–H and O–H groups in total. The highest BCUT2D eigenvalue weighted by atomic mass is 35.5. The molecule has 33 heavy (non-hydrogen) atoms. The lowest BCUT2D eigenvalue weighted by molar-refractivity contribution is 0.0729. The fraction of sp³-hybridized carbons (Fsp3) is 0.958. The second-order valence-corrected chi connectivity index (χ2v) is 12.5. The molecule has 0 bridgehead atoms. The van der Waals surface area contributed by atoms with Crippen molar-refractivity contribution in [2.45, 2.75) is 99.7 Å². The number of rotatable bonds is 4. The Morgan fingerprint density at radius 1 is 0.939 bits per heavy atom. The normalized spacial score (nSPS) is 47.2. The lowest BCUT2D eigenvalue weighted by Crippen LogP contribution is -2.70. The Morgan fingerprint density at radius 3 is 2.33 bits per heavy atom. The first-order valence-corrected chi connectivity index (χ1v) is 14.1. The Bertz CT molecular complexity index is 702. The summed E-state index contributed by atoms with van der Waals surface area (Å²) in [5.74, 6) is 2.45. The quantitative estimate of drug-likeness (QED) is 0.352. The number of hydrogen-bond donors (Lipinski definition) is 4. The predicted molar refractivity (Wildman–Crippen MR) is 136 cm³/mol. The maximum Gasteiger partial charge on any atom is 0.195 e. The zero-order valence-electron chi connectivity index (χ0n) is 20.4. The van der Waals surface area contributed by atoms with Crippen LogP contribution in [0.2, 0.25) is 0 Å². The van der Waals surface area contributed by atoms with Crippen molar-refractivity contribution in [1.29, 1.82) is 5.41 Å². The third kappa shape index (κ3) is 4.75. The lowest BCUT2D eigenvalue weighted by atomic mass is 9.80. The van der Waals surface area contributed by atoms with Crippen LogP contribution in [0, 0.1) is 23.2 Å². The predicted octanol–water partition coefficient (Wildman–Crippen LogP) is 2.80. The molecule has 3 saturated heterocycles. The molecule has 7 nitrogen and oxygen atoms in total. The molecule has 0 aromatic heterocycles. The van der Waals surface area contributed by atoms with E-state index in [1.54, 1.807) is 0 Å². The van der Waals surface area contributed by atoms with Crippen LogP contribution >= 0.6 is 23.2 Å². The molecular weight excluding hydrogens is 457 g/mol. The first-order valence-electron chi connectivity index (χ1n) is 13.2. The number of halogens is 2. The second kappa shape index (κ2) is 9.98.